The molecule has 17 heavy (non-hydrogen) atoms. The third-order valence-electron chi connectivity index (χ3n) is 1.66. The van der Waals surface area contributed by atoms with E-state index in [1.165, 1.54) is 0 Å². The highest BCUT2D eigenvalue weighted by Crippen LogP contribution is 2.38. The van der Waals surface area contributed by atoms with Gasteiger partial charge in [-0.2, -0.15) is 26.9 Å². The fraction of sp³-hybridized carbons (Fsp3) is 0.222. The molecule has 0 unspecified atom stereocenters. The molecule has 0 N–H and O–H groups in total. The highest BCUT2D eigenvalue weighted by molar-refractivity contribution is 5.54. The zero-order chi connectivity index (χ0) is 13.1. The first-order chi connectivity index (χ1) is 7.84. The van der Waals surface area contributed by atoms with Gasteiger partial charge in [-0.25, -0.2) is 4.79 Å². The lowest BCUT2D eigenvalue weighted by Crippen LogP contribution is -2.11. The third-order valence-corrected chi connectivity index (χ3v) is 1.66. The average molecular weight is 253 g/mol. The Bertz CT molecular complexity index is 451. The molecule has 0 saturated heterocycles. The van der Waals surface area contributed by atoms with Crippen molar-refractivity contribution in [1.29, 1.82) is 0 Å². The molecule has 0 fully saturated rings. The molecule has 0 aliphatic heterocycles. The number of ether oxygens (including phenoxy) is 1. The molecule has 0 aliphatic carbocycles. The zero-order valence-electron chi connectivity index (χ0n) is 7.96. The Kier molecular flexibility index (Phi) is 3.80. The van der Waals surface area contributed by atoms with Crippen molar-refractivity contribution < 1.29 is 31.5 Å². The van der Waals surface area contributed by atoms with Gasteiger partial charge in [0.05, 0.1) is 11.3 Å². The van der Waals surface area contributed by atoms with Crippen LogP contribution in [-0.2, 0) is 11.0 Å². The van der Waals surface area contributed by atoms with Gasteiger partial charge in [-0.15, -0.1) is 0 Å². The number of hydrogen-bond acceptors (Lipinski definition) is 3. The predicted octanol–water partition coefficient (Wildman–Crippen LogP) is 3.27. The van der Waals surface area contributed by atoms with E-state index in [0.717, 1.165) is 12.1 Å². The molecule has 0 aromatic heterocycles. The first kappa shape index (κ1) is 13.1. The predicted molar refractivity (Wildman–Crippen MR) is 45.9 cm³/mol. The number of isocyanates is 1. The minimum Gasteiger partial charge on any atom is -0.434 e. The van der Waals surface area contributed by atoms with Crippen LogP contribution in [0.15, 0.2) is 23.2 Å². The molecule has 8 heteroatoms. The minimum atomic E-state index is -4.89. The molecule has 0 heterocycles. The van der Waals surface area contributed by atoms with E-state index >= 15 is 0 Å². The summed E-state index contributed by atoms with van der Waals surface area (Å²) < 4.78 is 64.8. The maximum Gasteiger partial charge on any atom is 0.420 e. The summed E-state index contributed by atoms with van der Waals surface area (Å²) in [6.45, 7) is -3.38. The van der Waals surface area contributed by atoms with Gasteiger partial charge in [0.2, 0.25) is 6.08 Å². The molecule has 0 radical (unpaired) electrons. The molecule has 0 saturated carbocycles. The Morgan fingerprint density at radius 2 is 1.94 bits per heavy atom. The topological polar surface area (TPSA) is 38.7 Å². The van der Waals surface area contributed by atoms with Crippen molar-refractivity contribution in [3.63, 3.8) is 0 Å². The molecule has 0 amide bonds. The van der Waals surface area contributed by atoms with Crippen molar-refractivity contribution >= 4 is 11.8 Å². The summed E-state index contributed by atoms with van der Waals surface area (Å²) in [7, 11) is 0. The van der Waals surface area contributed by atoms with Gasteiger partial charge < -0.3 is 4.74 Å². The Morgan fingerprint density at radius 3 is 2.41 bits per heavy atom. The van der Waals surface area contributed by atoms with Gasteiger partial charge in [-0.05, 0) is 18.2 Å². The Labute approximate surface area is 91.5 Å². The van der Waals surface area contributed by atoms with E-state index in [2.05, 4.69) is 9.73 Å². The van der Waals surface area contributed by atoms with E-state index in [9.17, 15) is 26.7 Å². The van der Waals surface area contributed by atoms with Gasteiger partial charge >= 0.3 is 12.8 Å². The number of hydrogen-bond donors (Lipinski definition) is 0. The fourth-order valence-electron chi connectivity index (χ4n) is 1.06. The summed E-state index contributed by atoms with van der Waals surface area (Å²) in [5.74, 6) is -1.03. The smallest absolute Gasteiger partial charge is 0.420 e. The lowest BCUT2D eigenvalue weighted by molar-refractivity contribution is -0.141. The van der Waals surface area contributed by atoms with Crippen molar-refractivity contribution in [3.05, 3.63) is 23.8 Å². The van der Waals surface area contributed by atoms with Crippen LogP contribution in [0.2, 0.25) is 0 Å². The molecule has 0 aliphatic rings. The molecule has 3 nitrogen and oxygen atoms in total. The SMILES string of the molecule is O=C=Nc1ccc(OC(F)F)c(C(F)(F)F)c1. The molecular weight excluding hydrogens is 249 g/mol. The second kappa shape index (κ2) is 4.92. The normalized spacial score (nSPS) is 11.2. The first-order valence-corrected chi connectivity index (χ1v) is 4.08. The van der Waals surface area contributed by atoms with Crippen molar-refractivity contribution in [2.45, 2.75) is 12.8 Å². The van der Waals surface area contributed by atoms with Gasteiger partial charge in [0.15, 0.2) is 0 Å². The lowest BCUT2D eigenvalue weighted by atomic mass is 10.1. The van der Waals surface area contributed by atoms with Crippen LogP contribution in [-0.4, -0.2) is 12.7 Å². The summed E-state index contributed by atoms with van der Waals surface area (Å²) in [6.07, 6.45) is -3.85. The van der Waals surface area contributed by atoms with E-state index in [1.54, 1.807) is 0 Å². The van der Waals surface area contributed by atoms with Crippen molar-refractivity contribution in [2.24, 2.45) is 4.99 Å². The maximum atomic E-state index is 12.5. The second-order valence-corrected chi connectivity index (χ2v) is 2.76. The molecule has 92 valence electrons. The second-order valence-electron chi connectivity index (χ2n) is 2.76. The van der Waals surface area contributed by atoms with Crippen LogP contribution in [0.4, 0.5) is 27.6 Å². The largest absolute Gasteiger partial charge is 0.434 e. The number of benzene rings is 1. The Balaban J connectivity index is 3.26. The Hall–Kier alpha value is -1.95. The molecule has 0 atom stereocenters. The van der Waals surface area contributed by atoms with E-state index in [-0.39, 0.29) is 5.69 Å². The van der Waals surface area contributed by atoms with Crippen molar-refractivity contribution in [1.82, 2.24) is 0 Å². The highest BCUT2D eigenvalue weighted by atomic mass is 19.4. The number of rotatable bonds is 3. The number of aliphatic imine (C=N–C) groups is 1. The lowest BCUT2D eigenvalue weighted by Gasteiger charge is -2.13. The number of nitrogens with zero attached hydrogens (tertiary/aromatic N) is 1. The monoisotopic (exact) mass is 253 g/mol. The molecule has 1 aromatic carbocycles. The summed E-state index contributed by atoms with van der Waals surface area (Å²) in [4.78, 5) is 12.8. The van der Waals surface area contributed by atoms with E-state index < -0.39 is 24.1 Å². The van der Waals surface area contributed by atoms with Gasteiger partial charge in [0.25, 0.3) is 0 Å². The van der Waals surface area contributed by atoms with E-state index in [1.807, 2.05) is 0 Å². The van der Waals surface area contributed by atoms with Gasteiger partial charge in [-0.1, -0.05) is 0 Å². The van der Waals surface area contributed by atoms with Crippen LogP contribution in [0.5, 0.6) is 5.75 Å². The highest BCUT2D eigenvalue weighted by Gasteiger charge is 2.35. The summed E-state index contributed by atoms with van der Waals surface area (Å²) in [5, 5.41) is 0. The van der Waals surface area contributed by atoms with Crippen LogP contribution in [0, 0.1) is 0 Å². The maximum absolute atomic E-state index is 12.5. The van der Waals surface area contributed by atoms with Crippen LogP contribution >= 0.6 is 0 Å². The molecule has 0 spiro atoms. The van der Waals surface area contributed by atoms with Gasteiger partial charge in [0, 0.05) is 0 Å². The fourth-order valence-corrected chi connectivity index (χ4v) is 1.06. The van der Waals surface area contributed by atoms with Crippen LogP contribution in [0.3, 0.4) is 0 Å². The molecule has 1 rings (SSSR count). The zero-order valence-corrected chi connectivity index (χ0v) is 7.96. The minimum absolute atomic E-state index is 0.353. The summed E-state index contributed by atoms with van der Waals surface area (Å²) in [5.41, 5.74) is -1.79. The van der Waals surface area contributed by atoms with Gasteiger partial charge in [0.1, 0.15) is 5.75 Å². The quantitative estimate of drug-likeness (QED) is 0.471. The van der Waals surface area contributed by atoms with Gasteiger partial charge in [-0.3, -0.25) is 0 Å². The number of carbonyl (C=O) groups excluding carboxylic acids is 1. The average Bonchev–Trinajstić information content (AvgIpc) is 2.18. The Morgan fingerprint density at radius 1 is 1.29 bits per heavy atom. The van der Waals surface area contributed by atoms with Crippen LogP contribution in [0.1, 0.15) is 5.56 Å². The molecular formula is C9H4F5NO2. The first-order valence-electron chi connectivity index (χ1n) is 4.08. The van der Waals surface area contributed by atoms with Crippen LogP contribution < -0.4 is 4.74 Å². The number of halogens is 5. The summed E-state index contributed by atoms with van der Waals surface area (Å²) in [6, 6.07) is 2.01. The third kappa shape index (κ3) is 3.53. The van der Waals surface area contributed by atoms with Crippen LogP contribution in [0.25, 0.3) is 0 Å². The number of alkyl halides is 5. The van der Waals surface area contributed by atoms with E-state index in [0.29, 0.717) is 12.1 Å². The standard InChI is InChI=1S/C9H4F5NO2/c10-8(11)17-7-2-1-5(15-4-16)3-6(7)9(12,13)14/h1-3,8H. The van der Waals surface area contributed by atoms with E-state index in [4.69, 9.17) is 0 Å². The summed E-state index contributed by atoms with van der Waals surface area (Å²) >= 11 is 0. The molecule has 1 aromatic rings. The van der Waals surface area contributed by atoms with Crippen molar-refractivity contribution in [3.8, 4) is 5.75 Å². The van der Waals surface area contributed by atoms with Crippen molar-refractivity contribution in [2.75, 3.05) is 0 Å². The molecule has 0 bridgehead atoms.